The monoisotopic (exact) mass is 309 g/mol. The van der Waals surface area contributed by atoms with Gasteiger partial charge < -0.3 is 10.4 Å². The Kier molecular flexibility index (Phi) is 4.12. The van der Waals surface area contributed by atoms with Crippen LogP contribution in [0, 0.1) is 13.8 Å². The van der Waals surface area contributed by atoms with Crippen LogP contribution in [0.15, 0.2) is 36.4 Å². The van der Waals surface area contributed by atoms with Crippen LogP contribution in [0.1, 0.15) is 27.0 Å². The van der Waals surface area contributed by atoms with Crippen molar-refractivity contribution in [2.75, 3.05) is 5.32 Å². The van der Waals surface area contributed by atoms with Gasteiger partial charge in [0.25, 0.3) is 0 Å². The van der Waals surface area contributed by atoms with E-state index in [9.17, 15) is 18.0 Å². The van der Waals surface area contributed by atoms with Gasteiger partial charge in [-0.2, -0.15) is 13.2 Å². The van der Waals surface area contributed by atoms with Crippen molar-refractivity contribution in [2.45, 2.75) is 20.0 Å². The van der Waals surface area contributed by atoms with E-state index < -0.39 is 23.3 Å². The van der Waals surface area contributed by atoms with E-state index in [-0.39, 0.29) is 5.69 Å². The molecule has 0 bridgehead atoms. The fourth-order valence-electron chi connectivity index (χ4n) is 2.11. The molecule has 22 heavy (non-hydrogen) atoms. The Morgan fingerprint density at radius 3 is 2.23 bits per heavy atom. The van der Waals surface area contributed by atoms with Crippen LogP contribution in [-0.4, -0.2) is 11.1 Å². The van der Waals surface area contributed by atoms with Gasteiger partial charge >= 0.3 is 12.1 Å². The first-order valence-corrected chi connectivity index (χ1v) is 6.47. The summed E-state index contributed by atoms with van der Waals surface area (Å²) in [6.07, 6.45) is -4.58. The van der Waals surface area contributed by atoms with Gasteiger partial charge in [-0.3, -0.25) is 0 Å². The zero-order valence-electron chi connectivity index (χ0n) is 12.0. The number of carboxylic acids is 1. The van der Waals surface area contributed by atoms with Gasteiger partial charge in [-0.25, -0.2) is 4.79 Å². The molecule has 0 fully saturated rings. The molecule has 0 amide bonds. The first kappa shape index (κ1) is 15.9. The van der Waals surface area contributed by atoms with E-state index in [1.807, 2.05) is 26.0 Å². The van der Waals surface area contributed by atoms with E-state index in [1.54, 1.807) is 6.07 Å². The molecule has 0 aliphatic rings. The number of anilines is 2. The number of carboxylic acid groups (broad SMARTS) is 1. The van der Waals surface area contributed by atoms with Crippen molar-refractivity contribution < 1.29 is 23.1 Å². The van der Waals surface area contributed by atoms with Crippen LogP contribution in [0.4, 0.5) is 24.5 Å². The molecule has 0 saturated heterocycles. The van der Waals surface area contributed by atoms with Crippen LogP contribution in [-0.2, 0) is 6.18 Å². The van der Waals surface area contributed by atoms with Gasteiger partial charge in [0.15, 0.2) is 0 Å². The molecule has 0 aliphatic heterocycles. The second-order valence-electron chi connectivity index (χ2n) is 5.01. The van der Waals surface area contributed by atoms with Crippen LogP contribution in [0.3, 0.4) is 0 Å². The lowest BCUT2D eigenvalue weighted by Gasteiger charge is -2.14. The maximum absolute atomic E-state index is 12.7. The average Bonchev–Trinajstić information content (AvgIpc) is 2.40. The van der Waals surface area contributed by atoms with Crippen LogP contribution >= 0.6 is 0 Å². The lowest BCUT2D eigenvalue weighted by atomic mass is 10.1. The largest absolute Gasteiger partial charge is 0.478 e. The molecule has 2 rings (SSSR count). The van der Waals surface area contributed by atoms with Crippen LogP contribution in [0.5, 0.6) is 0 Å². The first-order valence-electron chi connectivity index (χ1n) is 6.47. The number of rotatable bonds is 3. The second kappa shape index (κ2) is 5.71. The molecule has 0 heterocycles. The fraction of sp³-hybridized carbons (Fsp3) is 0.188. The van der Waals surface area contributed by atoms with Crippen molar-refractivity contribution in [1.82, 2.24) is 0 Å². The summed E-state index contributed by atoms with van der Waals surface area (Å²) >= 11 is 0. The number of benzene rings is 2. The summed E-state index contributed by atoms with van der Waals surface area (Å²) < 4.78 is 38.1. The Hall–Kier alpha value is -2.50. The number of carbonyl (C=O) groups is 1. The molecule has 6 heteroatoms. The van der Waals surface area contributed by atoms with Crippen molar-refractivity contribution in [3.8, 4) is 0 Å². The highest BCUT2D eigenvalue weighted by atomic mass is 19.4. The van der Waals surface area contributed by atoms with Gasteiger partial charge in [-0.15, -0.1) is 0 Å². The maximum Gasteiger partial charge on any atom is 0.416 e. The maximum atomic E-state index is 12.7. The van der Waals surface area contributed by atoms with Gasteiger partial charge in [-0.05, 0) is 43.7 Å². The summed E-state index contributed by atoms with van der Waals surface area (Å²) in [7, 11) is 0. The molecular formula is C16H14F3NO2. The van der Waals surface area contributed by atoms with Gasteiger partial charge in [0.05, 0.1) is 16.8 Å². The molecule has 116 valence electrons. The summed E-state index contributed by atoms with van der Waals surface area (Å²) in [4.78, 5) is 11.2. The number of hydrogen-bond donors (Lipinski definition) is 2. The fourth-order valence-corrected chi connectivity index (χ4v) is 2.11. The smallest absolute Gasteiger partial charge is 0.416 e. The Morgan fingerprint density at radius 1 is 1.05 bits per heavy atom. The summed E-state index contributed by atoms with van der Waals surface area (Å²) in [6, 6.07) is 8.11. The minimum absolute atomic E-state index is 0.118. The summed E-state index contributed by atoms with van der Waals surface area (Å²) in [5.41, 5.74) is 1.26. The van der Waals surface area contributed by atoms with Crippen molar-refractivity contribution in [3.63, 3.8) is 0 Å². The number of halogens is 3. The first-order chi connectivity index (χ1) is 10.2. The molecule has 2 aromatic rings. The van der Waals surface area contributed by atoms with Gasteiger partial charge in [0, 0.05) is 5.69 Å². The SMILES string of the molecule is Cc1ccc(Nc2ccc(C(F)(F)F)cc2C(=O)O)c(C)c1. The van der Waals surface area contributed by atoms with E-state index in [4.69, 9.17) is 5.11 Å². The topological polar surface area (TPSA) is 49.3 Å². The van der Waals surface area contributed by atoms with Crippen LogP contribution in [0.2, 0.25) is 0 Å². The zero-order chi connectivity index (χ0) is 16.5. The third-order valence-electron chi connectivity index (χ3n) is 3.23. The normalized spacial score (nSPS) is 11.3. The molecule has 0 saturated carbocycles. The third-order valence-corrected chi connectivity index (χ3v) is 3.23. The molecule has 0 unspecified atom stereocenters. The average molecular weight is 309 g/mol. The number of alkyl halides is 3. The Bertz CT molecular complexity index is 724. The van der Waals surface area contributed by atoms with E-state index >= 15 is 0 Å². The highest BCUT2D eigenvalue weighted by molar-refractivity contribution is 5.95. The van der Waals surface area contributed by atoms with E-state index in [0.29, 0.717) is 11.8 Å². The molecule has 2 aromatic carbocycles. The number of nitrogens with one attached hydrogen (secondary N) is 1. The zero-order valence-corrected chi connectivity index (χ0v) is 12.0. The van der Waals surface area contributed by atoms with Gasteiger partial charge in [0.2, 0.25) is 0 Å². The summed E-state index contributed by atoms with van der Waals surface area (Å²) in [5.74, 6) is -1.42. The predicted molar refractivity (Wildman–Crippen MR) is 77.6 cm³/mol. The molecule has 3 nitrogen and oxygen atoms in total. The molecule has 0 aromatic heterocycles. The molecule has 0 radical (unpaired) electrons. The van der Waals surface area contributed by atoms with Crippen molar-refractivity contribution in [2.24, 2.45) is 0 Å². The predicted octanol–water partition coefficient (Wildman–Crippen LogP) is 4.76. The van der Waals surface area contributed by atoms with Gasteiger partial charge in [-0.1, -0.05) is 17.7 Å². The summed E-state index contributed by atoms with van der Waals surface area (Å²) in [5, 5.41) is 12.0. The molecular weight excluding hydrogens is 295 g/mol. The molecule has 0 aliphatic carbocycles. The number of hydrogen-bond acceptors (Lipinski definition) is 2. The van der Waals surface area contributed by atoms with Crippen molar-refractivity contribution in [1.29, 1.82) is 0 Å². The second-order valence-corrected chi connectivity index (χ2v) is 5.01. The minimum atomic E-state index is -4.58. The van der Waals surface area contributed by atoms with Gasteiger partial charge in [0.1, 0.15) is 0 Å². The van der Waals surface area contributed by atoms with E-state index in [0.717, 1.165) is 23.3 Å². The minimum Gasteiger partial charge on any atom is -0.478 e. The van der Waals surface area contributed by atoms with Crippen molar-refractivity contribution >= 4 is 17.3 Å². The van der Waals surface area contributed by atoms with Crippen molar-refractivity contribution in [3.05, 3.63) is 58.7 Å². The molecule has 2 N–H and O–H groups in total. The Balaban J connectivity index is 2.44. The summed E-state index contributed by atoms with van der Waals surface area (Å²) in [6.45, 7) is 3.75. The quantitative estimate of drug-likeness (QED) is 0.859. The third kappa shape index (κ3) is 3.39. The highest BCUT2D eigenvalue weighted by Crippen LogP contribution is 2.33. The molecule has 0 atom stereocenters. The molecule has 0 spiro atoms. The van der Waals surface area contributed by atoms with E-state index in [2.05, 4.69) is 5.32 Å². The lowest BCUT2D eigenvalue weighted by molar-refractivity contribution is -0.137. The van der Waals surface area contributed by atoms with E-state index in [1.165, 1.54) is 0 Å². The standard InChI is InChI=1S/C16H14F3NO2/c1-9-3-5-13(10(2)7-9)20-14-6-4-11(16(17,18)19)8-12(14)15(21)22/h3-8,20H,1-2H3,(H,21,22). The van der Waals surface area contributed by atoms with Crippen LogP contribution in [0.25, 0.3) is 0 Å². The number of aromatic carboxylic acids is 1. The highest BCUT2D eigenvalue weighted by Gasteiger charge is 2.31. The lowest BCUT2D eigenvalue weighted by Crippen LogP contribution is -2.09. The van der Waals surface area contributed by atoms with Crippen LogP contribution < -0.4 is 5.32 Å². The Morgan fingerprint density at radius 2 is 1.68 bits per heavy atom. The number of aryl methyl sites for hydroxylation is 2. The Labute approximate surface area is 125 Å².